The minimum Gasteiger partial charge on any atom is -0.480 e. The van der Waals surface area contributed by atoms with E-state index in [2.05, 4.69) is 5.32 Å². The molecule has 1 atom stereocenters. The second-order valence-electron chi connectivity index (χ2n) is 6.77. The second-order valence-corrected chi connectivity index (χ2v) is 7.14. The Morgan fingerprint density at radius 2 is 1.66 bits per heavy atom. The SMILES string of the molecule is O=C(NC(Cc1ccc(Cl)o1)C(=O)O)OCC1c2ccccc2-c2ccccc21. The number of amides is 1. The average molecular weight is 412 g/mol. The first kappa shape index (κ1) is 19.1. The van der Waals surface area contributed by atoms with Gasteiger partial charge in [-0.05, 0) is 46.0 Å². The Kier molecular flexibility index (Phi) is 5.27. The topological polar surface area (TPSA) is 88.8 Å². The van der Waals surface area contributed by atoms with Crippen LogP contribution in [0.5, 0.6) is 0 Å². The first-order chi connectivity index (χ1) is 14.0. The van der Waals surface area contributed by atoms with Crippen LogP contribution in [-0.2, 0) is 16.0 Å². The molecule has 3 aromatic rings. The van der Waals surface area contributed by atoms with Gasteiger partial charge in [-0.1, -0.05) is 48.5 Å². The van der Waals surface area contributed by atoms with Crippen LogP contribution >= 0.6 is 11.6 Å². The number of carboxylic acid groups (broad SMARTS) is 1. The fourth-order valence-corrected chi connectivity index (χ4v) is 3.81. The molecule has 6 nitrogen and oxygen atoms in total. The predicted molar refractivity (Wildman–Crippen MR) is 107 cm³/mol. The van der Waals surface area contributed by atoms with Crippen molar-refractivity contribution >= 4 is 23.7 Å². The van der Waals surface area contributed by atoms with Crippen molar-refractivity contribution in [2.24, 2.45) is 0 Å². The number of hydrogen-bond acceptors (Lipinski definition) is 4. The highest BCUT2D eigenvalue weighted by Crippen LogP contribution is 2.44. The summed E-state index contributed by atoms with van der Waals surface area (Å²) in [5, 5.41) is 11.9. The first-order valence-electron chi connectivity index (χ1n) is 9.11. The van der Waals surface area contributed by atoms with Crippen molar-refractivity contribution in [2.75, 3.05) is 6.61 Å². The van der Waals surface area contributed by atoms with E-state index in [1.54, 1.807) is 6.07 Å². The molecular formula is C22H18ClNO5. The molecule has 0 fully saturated rings. The number of furan rings is 1. The van der Waals surface area contributed by atoms with Crippen molar-refractivity contribution in [1.29, 1.82) is 0 Å². The van der Waals surface area contributed by atoms with Crippen LogP contribution in [0.4, 0.5) is 4.79 Å². The van der Waals surface area contributed by atoms with Gasteiger partial charge >= 0.3 is 12.1 Å². The fourth-order valence-electron chi connectivity index (χ4n) is 3.65. The summed E-state index contributed by atoms with van der Waals surface area (Å²) in [6.07, 6.45) is -0.830. The van der Waals surface area contributed by atoms with Gasteiger partial charge in [-0.2, -0.15) is 0 Å². The van der Waals surface area contributed by atoms with E-state index in [-0.39, 0.29) is 24.2 Å². The lowest BCUT2D eigenvalue weighted by Crippen LogP contribution is -2.42. The van der Waals surface area contributed by atoms with Gasteiger partial charge in [0.1, 0.15) is 18.4 Å². The second kappa shape index (κ2) is 8.01. The largest absolute Gasteiger partial charge is 0.480 e. The monoisotopic (exact) mass is 411 g/mol. The van der Waals surface area contributed by atoms with E-state index in [4.69, 9.17) is 20.8 Å². The molecule has 1 aliphatic carbocycles. The number of alkyl carbamates (subject to hydrolysis) is 1. The van der Waals surface area contributed by atoms with Crippen LogP contribution in [0.1, 0.15) is 22.8 Å². The van der Waals surface area contributed by atoms with E-state index in [1.807, 2.05) is 48.5 Å². The number of carboxylic acids is 1. The molecule has 0 bridgehead atoms. The van der Waals surface area contributed by atoms with Crippen LogP contribution in [0.25, 0.3) is 11.1 Å². The smallest absolute Gasteiger partial charge is 0.407 e. The quantitative estimate of drug-likeness (QED) is 0.624. The Morgan fingerprint density at radius 3 is 2.21 bits per heavy atom. The molecule has 1 aliphatic rings. The van der Waals surface area contributed by atoms with Crippen molar-refractivity contribution < 1.29 is 23.8 Å². The van der Waals surface area contributed by atoms with Gasteiger partial charge in [0.2, 0.25) is 0 Å². The third-order valence-corrected chi connectivity index (χ3v) is 5.17. The van der Waals surface area contributed by atoms with Crippen molar-refractivity contribution in [2.45, 2.75) is 18.4 Å². The van der Waals surface area contributed by atoms with Gasteiger partial charge < -0.3 is 19.6 Å². The molecule has 0 aliphatic heterocycles. The van der Waals surface area contributed by atoms with Crippen LogP contribution in [0.2, 0.25) is 5.22 Å². The number of hydrogen-bond donors (Lipinski definition) is 2. The van der Waals surface area contributed by atoms with Crippen LogP contribution in [0, 0.1) is 0 Å². The van der Waals surface area contributed by atoms with Crippen molar-refractivity contribution in [3.05, 3.63) is 82.8 Å². The molecule has 1 heterocycles. The first-order valence-corrected chi connectivity index (χ1v) is 9.49. The van der Waals surface area contributed by atoms with Gasteiger partial charge in [0.15, 0.2) is 5.22 Å². The molecule has 2 aromatic carbocycles. The third kappa shape index (κ3) is 3.98. The van der Waals surface area contributed by atoms with Crippen LogP contribution in [-0.4, -0.2) is 29.8 Å². The highest BCUT2D eigenvalue weighted by Gasteiger charge is 2.30. The zero-order valence-electron chi connectivity index (χ0n) is 15.3. The van der Waals surface area contributed by atoms with Crippen molar-refractivity contribution in [3.63, 3.8) is 0 Å². The molecule has 2 N–H and O–H groups in total. The molecular weight excluding hydrogens is 394 g/mol. The highest BCUT2D eigenvalue weighted by atomic mass is 35.5. The summed E-state index contributed by atoms with van der Waals surface area (Å²) in [7, 11) is 0. The lowest BCUT2D eigenvalue weighted by Gasteiger charge is -2.17. The summed E-state index contributed by atoms with van der Waals surface area (Å²) < 4.78 is 10.6. The number of nitrogens with one attached hydrogen (secondary N) is 1. The lowest BCUT2D eigenvalue weighted by molar-refractivity contribution is -0.139. The Labute approximate surface area is 172 Å². The van der Waals surface area contributed by atoms with Crippen LogP contribution in [0.3, 0.4) is 0 Å². The summed E-state index contributed by atoms with van der Waals surface area (Å²) in [4.78, 5) is 23.8. The maximum Gasteiger partial charge on any atom is 0.407 e. The van der Waals surface area contributed by atoms with E-state index < -0.39 is 18.1 Å². The molecule has 0 spiro atoms. The van der Waals surface area contributed by atoms with Crippen molar-refractivity contribution in [1.82, 2.24) is 5.32 Å². The minimum atomic E-state index is -1.19. The van der Waals surface area contributed by atoms with Gasteiger partial charge in [-0.15, -0.1) is 0 Å². The number of halogens is 1. The predicted octanol–water partition coefficient (Wildman–Crippen LogP) is 4.47. The molecule has 1 amide bonds. The summed E-state index contributed by atoms with van der Waals surface area (Å²) >= 11 is 5.71. The van der Waals surface area contributed by atoms with E-state index in [9.17, 15) is 14.7 Å². The van der Waals surface area contributed by atoms with E-state index in [0.717, 1.165) is 22.3 Å². The molecule has 0 radical (unpaired) electrons. The van der Waals surface area contributed by atoms with Gasteiger partial charge in [0, 0.05) is 12.3 Å². The van der Waals surface area contributed by atoms with Crippen LogP contribution < -0.4 is 5.32 Å². The molecule has 29 heavy (non-hydrogen) atoms. The van der Waals surface area contributed by atoms with Crippen molar-refractivity contribution in [3.8, 4) is 11.1 Å². The molecule has 0 saturated carbocycles. The number of rotatable bonds is 6. The zero-order chi connectivity index (χ0) is 20.4. The van der Waals surface area contributed by atoms with Gasteiger partial charge in [-0.3, -0.25) is 0 Å². The zero-order valence-corrected chi connectivity index (χ0v) is 16.1. The number of carbonyl (C=O) groups excluding carboxylic acids is 1. The maximum absolute atomic E-state index is 12.3. The molecule has 1 aromatic heterocycles. The number of ether oxygens (including phenoxy) is 1. The molecule has 0 saturated heterocycles. The molecule has 1 unspecified atom stereocenters. The Morgan fingerprint density at radius 1 is 1.03 bits per heavy atom. The fraction of sp³-hybridized carbons (Fsp3) is 0.182. The Hall–Kier alpha value is -3.25. The van der Waals surface area contributed by atoms with Crippen LogP contribution in [0.15, 0.2) is 65.1 Å². The minimum absolute atomic E-state index is 0.0355. The normalized spacial score (nSPS) is 13.4. The Balaban J connectivity index is 1.43. The average Bonchev–Trinajstić information content (AvgIpc) is 3.27. The summed E-state index contributed by atoms with van der Waals surface area (Å²) in [5.41, 5.74) is 4.41. The third-order valence-electron chi connectivity index (χ3n) is 4.97. The Bertz CT molecular complexity index is 1020. The molecule has 7 heteroatoms. The standard InChI is InChI=1S/C22H18ClNO5/c23-20-10-9-13(29-20)11-19(21(25)26)24-22(27)28-12-18-16-7-3-1-5-14(16)15-6-2-4-8-17(15)18/h1-10,18-19H,11-12H2,(H,24,27)(H,25,26). The number of carbonyl (C=O) groups is 2. The van der Waals surface area contributed by atoms with Gasteiger partial charge in [-0.25, -0.2) is 9.59 Å². The summed E-state index contributed by atoms with van der Waals surface area (Å²) in [5.74, 6) is -0.923. The van der Waals surface area contributed by atoms with Gasteiger partial charge in [0.25, 0.3) is 0 Å². The van der Waals surface area contributed by atoms with Gasteiger partial charge in [0.05, 0.1) is 0 Å². The summed E-state index contributed by atoms with van der Waals surface area (Å²) in [6, 6.07) is 17.9. The highest BCUT2D eigenvalue weighted by molar-refractivity contribution is 6.28. The number of fused-ring (bicyclic) bond motifs is 3. The molecule has 4 rings (SSSR count). The summed E-state index contributed by atoms with van der Waals surface area (Å²) in [6.45, 7) is 0.110. The van der Waals surface area contributed by atoms with E-state index in [1.165, 1.54) is 6.07 Å². The maximum atomic E-state index is 12.3. The van der Waals surface area contributed by atoms with E-state index in [0.29, 0.717) is 5.76 Å². The van der Waals surface area contributed by atoms with E-state index >= 15 is 0 Å². The lowest BCUT2D eigenvalue weighted by atomic mass is 9.98. The number of aliphatic carboxylic acids is 1. The molecule has 148 valence electrons. The number of benzene rings is 2.